The van der Waals surface area contributed by atoms with Crippen molar-refractivity contribution in [3.63, 3.8) is 0 Å². The fraction of sp³-hybridized carbons (Fsp3) is 0.630. The van der Waals surface area contributed by atoms with Gasteiger partial charge in [-0.2, -0.15) is 0 Å². The number of aromatic amines is 1. The number of pyridine rings is 1. The molecule has 0 aromatic carbocycles. The van der Waals surface area contributed by atoms with Gasteiger partial charge >= 0.3 is 0 Å². The number of H-pyrrole nitrogens is 1. The van der Waals surface area contributed by atoms with E-state index in [0.29, 0.717) is 11.6 Å². The highest BCUT2D eigenvalue weighted by Gasteiger charge is 2.28. The lowest BCUT2D eigenvalue weighted by Crippen LogP contribution is -2.38. The molecule has 0 saturated heterocycles. The quantitative estimate of drug-likeness (QED) is 0.463. The summed E-state index contributed by atoms with van der Waals surface area (Å²) in [5.74, 6) is 1.59. The molecule has 1 aliphatic rings. The van der Waals surface area contributed by atoms with E-state index in [-0.39, 0.29) is 18.0 Å². The molecule has 1 aliphatic carbocycles. The predicted molar refractivity (Wildman–Crippen MR) is 140 cm³/mol. The third kappa shape index (κ3) is 6.08. The Kier molecular flexibility index (Phi) is 8.80. The van der Waals surface area contributed by atoms with Gasteiger partial charge in [0.05, 0.1) is 10.6 Å². The Morgan fingerprint density at radius 3 is 2.52 bits per heavy atom. The van der Waals surface area contributed by atoms with Crippen molar-refractivity contribution < 1.29 is 4.79 Å². The average molecular weight is 472 g/mol. The van der Waals surface area contributed by atoms with Crippen LogP contribution in [-0.2, 0) is 6.54 Å². The fourth-order valence-corrected chi connectivity index (χ4v) is 6.49. The third-order valence-electron chi connectivity index (χ3n) is 7.47. The molecule has 33 heavy (non-hydrogen) atoms. The van der Waals surface area contributed by atoms with Gasteiger partial charge in [-0.3, -0.25) is 9.59 Å². The van der Waals surface area contributed by atoms with Crippen LogP contribution in [0.1, 0.15) is 92.0 Å². The van der Waals surface area contributed by atoms with Gasteiger partial charge in [-0.05, 0) is 88.8 Å². The van der Waals surface area contributed by atoms with E-state index in [4.69, 9.17) is 0 Å². The molecule has 182 valence electrons. The molecule has 2 aromatic heterocycles. The molecule has 1 saturated carbocycles. The first-order valence-electron chi connectivity index (χ1n) is 12.6. The van der Waals surface area contributed by atoms with Gasteiger partial charge < -0.3 is 15.2 Å². The van der Waals surface area contributed by atoms with Gasteiger partial charge in [0.15, 0.2) is 0 Å². The Morgan fingerprint density at radius 2 is 1.91 bits per heavy atom. The number of aryl methyl sites for hydroxylation is 2. The maximum atomic E-state index is 13.0. The van der Waals surface area contributed by atoms with E-state index in [1.54, 1.807) is 11.3 Å². The number of amides is 1. The standard InChI is InChI=1S/C27H41N3O2S/c1-7-17(3)13-21-9-11-22(12-10-21)30(8-2)27-20(6)24(16-33-27)25(31)28-15-23-18(4)14-19(5)29-26(23)32/h14,16-17,21-22H,7-13,15H2,1-6H3,(H,28,31)(H,29,32). The van der Waals surface area contributed by atoms with Crippen LogP contribution in [0.25, 0.3) is 0 Å². The average Bonchev–Trinajstić information content (AvgIpc) is 3.15. The van der Waals surface area contributed by atoms with Crippen LogP contribution in [-0.4, -0.2) is 23.5 Å². The number of aromatic nitrogens is 1. The summed E-state index contributed by atoms with van der Waals surface area (Å²) in [4.78, 5) is 30.6. The molecule has 2 N–H and O–H groups in total. The van der Waals surface area contributed by atoms with Crippen molar-refractivity contribution in [2.24, 2.45) is 11.8 Å². The van der Waals surface area contributed by atoms with Crippen molar-refractivity contribution >= 4 is 22.2 Å². The zero-order valence-electron chi connectivity index (χ0n) is 21.2. The van der Waals surface area contributed by atoms with Gasteiger partial charge in [-0.25, -0.2) is 0 Å². The van der Waals surface area contributed by atoms with Crippen LogP contribution in [0.4, 0.5) is 5.00 Å². The summed E-state index contributed by atoms with van der Waals surface area (Å²) in [5, 5.41) is 6.16. The van der Waals surface area contributed by atoms with E-state index in [9.17, 15) is 9.59 Å². The first-order chi connectivity index (χ1) is 15.7. The molecule has 1 amide bonds. The number of thiophene rings is 1. The number of hydrogen-bond acceptors (Lipinski definition) is 4. The lowest BCUT2D eigenvalue weighted by atomic mass is 9.80. The van der Waals surface area contributed by atoms with E-state index in [2.05, 4.69) is 42.9 Å². The molecule has 0 bridgehead atoms. The summed E-state index contributed by atoms with van der Waals surface area (Å²) in [6, 6.07) is 2.50. The molecule has 5 nitrogen and oxygen atoms in total. The number of nitrogens with one attached hydrogen (secondary N) is 2. The number of anilines is 1. The molecule has 1 fully saturated rings. The van der Waals surface area contributed by atoms with Crippen LogP contribution in [0, 0.1) is 32.6 Å². The van der Waals surface area contributed by atoms with Crippen molar-refractivity contribution in [3.8, 4) is 0 Å². The van der Waals surface area contributed by atoms with Crippen molar-refractivity contribution in [2.75, 3.05) is 11.4 Å². The maximum Gasteiger partial charge on any atom is 0.253 e. The SMILES string of the molecule is CCC(C)CC1CCC(N(CC)c2scc(C(=O)NCc3c(C)cc(C)[nH]c3=O)c2C)CC1. The highest BCUT2D eigenvalue weighted by atomic mass is 32.1. The molecule has 1 atom stereocenters. The monoisotopic (exact) mass is 471 g/mol. The van der Waals surface area contributed by atoms with E-state index in [1.165, 1.54) is 43.5 Å². The van der Waals surface area contributed by atoms with Crippen molar-refractivity contribution in [3.05, 3.63) is 49.7 Å². The molecule has 0 radical (unpaired) electrons. The van der Waals surface area contributed by atoms with E-state index >= 15 is 0 Å². The summed E-state index contributed by atoms with van der Waals surface area (Å²) in [6.45, 7) is 13.9. The van der Waals surface area contributed by atoms with E-state index in [1.807, 2.05) is 25.3 Å². The van der Waals surface area contributed by atoms with Crippen LogP contribution in [0.2, 0.25) is 0 Å². The summed E-state index contributed by atoms with van der Waals surface area (Å²) >= 11 is 1.67. The fourth-order valence-electron chi connectivity index (χ4n) is 5.27. The number of rotatable bonds is 9. The first kappa shape index (κ1) is 25.5. The first-order valence-corrected chi connectivity index (χ1v) is 13.4. The summed E-state index contributed by atoms with van der Waals surface area (Å²) in [7, 11) is 0. The Hall–Kier alpha value is -2.08. The minimum atomic E-state index is -0.128. The summed E-state index contributed by atoms with van der Waals surface area (Å²) in [6.07, 6.45) is 7.74. The van der Waals surface area contributed by atoms with Gasteiger partial charge in [0.25, 0.3) is 11.5 Å². The van der Waals surface area contributed by atoms with Crippen LogP contribution in [0.3, 0.4) is 0 Å². The van der Waals surface area contributed by atoms with Crippen molar-refractivity contribution in [1.82, 2.24) is 10.3 Å². The lowest BCUT2D eigenvalue weighted by Gasteiger charge is -2.38. The summed E-state index contributed by atoms with van der Waals surface area (Å²) in [5.41, 5.74) is 4.00. The molecule has 2 heterocycles. The van der Waals surface area contributed by atoms with Gasteiger partial charge in [0, 0.05) is 35.8 Å². The lowest BCUT2D eigenvalue weighted by molar-refractivity contribution is 0.0950. The van der Waals surface area contributed by atoms with Crippen LogP contribution < -0.4 is 15.8 Å². The highest BCUT2D eigenvalue weighted by molar-refractivity contribution is 7.14. The molecule has 0 spiro atoms. The predicted octanol–water partition coefficient (Wildman–Crippen LogP) is 6.11. The van der Waals surface area contributed by atoms with Gasteiger partial charge in [0.2, 0.25) is 0 Å². The van der Waals surface area contributed by atoms with Gasteiger partial charge in [0.1, 0.15) is 0 Å². The van der Waals surface area contributed by atoms with Gasteiger partial charge in [-0.15, -0.1) is 11.3 Å². The Labute approximate surface area is 203 Å². The van der Waals surface area contributed by atoms with Crippen molar-refractivity contribution in [1.29, 1.82) is 0 Å². The highest BCUT2D eigenvalue weighted by Crippen LogP contribution is 2.38. The number of nitrogens with zero attached hydrogens (tertiary/aromatic N) is 1. The zero-order chi connectivity index (χ0) is 24.1. The number of carbonyl (C=O) groups is 1. The topological polar surface area (TPSA) is 65.2 Å². The second-order valence-electron chi connectivity index (χ2n) is 9.91. The third-order valence-corrected chi connectivity index (χ3v) is 8.59. The normalized spacial score (nSPS) is 19.3. The second-order valence-corrected chi connectivity index (χ2v) is 10.8. The number of hydrogen-bond donors (Lipinski definition) is 2. The molecule has 3 rings (SSSR count). The van der Waals surface area contributed by atoms with E-state index in [0.717, 1.165) is 40.8 Å². The van der Waals surface area contributed by atoms with E-state index < -0.39 is 0 Å². The minimum absolute atomic E-state index is 0.109. The van der Waals surface area contributed by atoms with Crippen LogP contribution >= 0.6 is 11.3 Å². The molecule has 0 aliphatic heterocycles. The van der Waals surface area contributed by atoms with Gasteiger partial charge in [-0.1, -0.05) is 20.3 Å². The molecule has 2 aromatic rings. The zero-order valence-corrected chi connectivity index (χ0v) is 22.0. The second kappa shape index (κ2) is 11.4. The largest absolute Gasteiger partial charge is 0.361 e. The Balaban J connectivity index is 1.65. The Bertz CT molecular complexity index is 1000. The maximum absolute atomic E-state index is 13.0. The smallest absolute Gasteiger partial charge is 0.253 e. The van der Waals surface area contributed by atoms with Crippen molar-refractivity contribution in [2.45, 2.75) is 92.7 Å². The van der Waals surface area contributed by atoms with Crippen LogP contribution in [0.15, 0.2) is 16.2 Å². The molecular formula is C27H41N3O2S. The molecule has 1 unspecified atom stereocenters. The molecule has 6 heteroatoms. The van der Waals surface area contributed by atoms with Crippen LogP contribution in [0.5, 0.6) is 0 Å². The molecular weight excluding hydrogens is 430 g/mol. The summed E-state index contributed by atoms with van der Waals surface area (Å²) < 4.78 is 0. The minimum Gasteiger partial charge on any atom is -0.361 e. The number of carbonyl (C=O) groups excluding carboxylic acids is 1. The Morgan fingerprint density at radius 1 is 1.21 bits per heavy atom.